The minimum absolute atomic E-state index is 0.178. The fourth-order valence-electron chi connectivity index (χ4n) is 4.18. The van der Waals surface area contributed by atoms with Crippen LogP contribution in [0.1, 0.15) is 43.8 Å². The van der Waals surface area contributed by atoms with Gasteiger partial charge in [-0.2, -0.15) is 0 Å². The lowest BCUT2D eigenvalue weighted by atomic mass is 9.83. The van der Waals surface area contributed by atoms with E-state index in [0.29, 0.717) is 46.1 Å². The summed E-state index contributed by atoms with van der Waals surface area (Å²) in [5.74, 6) is -0.347. The highest BCUT2D eigenvalue weighted by Crippen LogP contribution is 2.40. The summed E-state index contributed by atoms with van der Waals surface area (Å²) in [5.41, 5.74) is 2.31. The number of aromatic nitrogens is 1. The number of fused-ring (bicyclic) bond motifs is 1. The Balaban J connectivity index is 1.87. The maximum Gasteiger partial charge on any atom is 0.338 e. The van der Waals surface area contributed by atoms with E-state index in [9.17, 15) is 17.6 Å². The molecule has 0 amide bonds. The molecule has 1 N–H and O–H groups in total. The fourth-order valence-corrected chi connectivity index (χ4v) is 5.72. The number of rotatable bonds is 7. The Morgan fingerprint density at radius 1 is 1.41 bits per heavy atom. The number of thiazole rings is 1. The third kappa shape index (κ3) is 4.66. The predicted molar refractivity (Wildman–Crippen MR) is 132 cm³/mol. The van der Waals surface area contributed by atoms with Gasteiger partial charge in [0.2, 0.25) is 10.0 Å². The van der Waals surface area contributed by atoms with E-state index >= 15 is 0 Å². The number of amidine groups is 1. The molecule has 3 heterocycles. The van der Waals surface area contributed by atoms with Crippen molar-refractivity contribution in [3.8, 4) is 0 Å². The lowest BCUT2D eigenvalue weighted by Crippen LogP contribution is -2.42. The van der Waals surface area contributed by atoms with E-state index in [0.717, 1.165) is 0 Å². The first-order valence-corrected chi connectivity index (χ1v) is 13.5. The Morgan fingerprint density at radius 2 is 2.18 bits per heavy atom. The number of ether oxygens (including phenoxy) is 1. The highest BCUT2D eigenvalue weighted by molar-refractivity contribution is 7.90. The predicted octanol–water partition coefficient (Wildman–Crippen LogP) is 1.26. The Hall–Kier alpha value is -2.57. The second kappa shape index (κ2) is 9.59. The van der Waals surface area contributed by atoms with Gasteiger partial charge < -0.3 is 9.64 Å². The molecule has 2 atom stereocenters. The number of benzene rings is 1. The van der Waals surface area contributed by atoms with Gasteiger partial charge in [-0.15, -0.1) is 11.3 Å². The van der Waals surface area contributed by atoms with Crippen LogP contribution in [0.2, 0.25) is 0 Å². The quantitative estimate of drug-likeness (QED) is 0.450. The van der Waals surface area contributed by atoms with Crippen LogP contribution in [0.4, 0.5) is 4.39 Å². The topological polar surface area (TPSA) is 101 Å². The van der Waals surface area contributed by atoms with Gasteiger partial charge in [-0.25, -0.2) is 27.3 Å². The molecular weight excluding hydrogens is 478 g/mol. The number of carbonyl (C=O) groups excluding carboxylic acids is 1. The van der Waals surface area contributed by atoms with E-state index in [1.54, 1.807) is 40.9 Å². The number of halogens is 1. The van der Waals surface area contributed by atoms with Crippen LogP contribution in [0.15, 0.2) is 46.0 Å². The number of nitrogens with one attached hydrogen (secondary N) is 1. The maximum atomic E-state index is 13.9. The van der Waals surface area contributed by atoms with Gasteiger partial charge >= 0.3 is 5.97 Å². The average molecular weight is 504 g/mol. The van der Waals surface area contributed by atoms with Crippen molar-refractivity contribution in [1.82, 2.24) is 14.6 Å². The SMILES string of the molecule is Bc1cc(F)ccc1[C@@H]1N=C(c2nccs2)N2C[C@@H](NS(=O)(=O)C(C)C)CC2=C1C(=O)OCC. The highest BCUT2D eigenvalue weighted by atomic mass is 32.2. The van der Waals surface area contributed by atoms with Gasteiger partial charge in [0.05, 0.1) is 17.4 Å². The number of aliphatic imine (C=N–C) groups is 1. The van der Waals surface area contributed by atoms with Crippen LogP contribution < -0.4 is 10.2 Å². The zero-order valence-electron chi connectivity index (χ0n) is 19.4. The largest absolute Gasteiger partial charge is 0.463 e. The minimum atomic E-state index is -3.53. The van der Waals surface area contributed by atoms with Crippen molar-refractivity contribution in [2.75, 3.05) is 13.2 Å². The molecule has 1 aromatic carbocycles. The molecule has 0 aliphatic carbocycles. The number of sulfonamides is 1. The number of hydrogen-bond donors (Lipinski definition) is 1. The Morgan fingerprint density at radius 3 is 2.79 bits per heavy atom. The summed E-state index contributed by atoms with van der Waals surface area (Å²) < 4.78 is 47.1. The first kappa shape index (κ1) is 24.6. The standard InChI is InChI=1S/C22H26BFN4O4S2/c1-4-32-22(29)18-17-10-14(27-34(30,31)12(2)3)11-28(17)20(21-25-7-8-33-21)26-19(18)15-6-5-13(24)9-16(15)23/h5-9,12,14,19,27H,4,10-11,23H2,1-3H3/t14-,19-/m0/s1. The summed E-state index contributed by atoms with van der Waals surface area (Å²) in [5, 5.41) is 1.89. The van der Waals surface area contributed by atoms with E-state index in [-0.39, 0.29) is 12.4 Å². The van der Waals surface area contributed by atoms with Crippen molar-refractivity contribution in [2.24, 2.45) is 4.99 Å². The van der Waals surface area contributed by atoms with Crippen molar-refractivity contribution in [1.29, 1.82) is 0 Å². The average Bonchev–Trinajstić information content (AvgIpc) is 3.42. The highest BCUT2D eigenvalue weighted by Gasteiger charge is 2.43. The van der Waals surface area contributed by atoms with E-state index < -0.39 is 33.3 Å². The summed E-state index contributed by atoms with van der Waals surface area (Å²) >= 11 is 1.40. The Labute approximate surface area is 203 Å². The third-order valence-corrected chi connectivity index (χ3v) is 8.53. The molecule has 8 nitrogen and oxygen atoms in total. The summed E-state index contributed by atoms with van der Waals surface area (Å²) in [6.07, 6.45) is 1.96. The van der Waals surface area contributed by atoms with Crippen LogP contribution in [0.5, 0.6) is 0 Å². The molecule has 0 saturated carbocycles. The van der Waals surface area contributed by atoms with Crippen molar-refractivity contribution in [3.63, 3.8) is 0 Å². The van der Waals surface area contributed by atoms with Gasteiger partial charge in [0.1, 0.15) is 19.7 Å². The lowest BCUT2D eigenvalue weighted by molar-refractivity contribution is -0.139. The van der Waals surface area contributed by atoms with E-state index in [1.807, 2.05) is 10.3 Å². The number of esters is 1. The number of carbonyl (C=O) groups is 1. The molecule has 1 fully saturated rings. The molecular formula is C22H26BFN4O4S2. The van der Waals surface area contributed by atoms with Gasteiger partial charge in [-0.1, -0.05) is 11.5 Å². The van der Waals surface area contributed by atoms with Gasteiger partial charge in [-0.05, 0) is 38.5 Å². The van der Waals surface area contributed by atoms with Crippen molar-refractivity contribution < 1.29 is 22.3 Å². The van der Waals surface area contributed by atoms with Gasteiger partial charge in [0.25, 0.3) is 0 Å². The van der Waals surface area contributed by atoms with Crippen LogP contribution in [0.3, 0.4) is 0 Å². The number of nitrogens with zero attached hydrogens (tertiary/aromatic N) is 3. The molecule has 2 aromatic rings. The van der Waals surface area contributed by atoms with Crippen molar-refractivity contribution in [2.45, 2.75) is 44.5 Å². The molecule has 0 bridgehead atoms. The van der Waals surface area contributed by atoms with Crippen LogP contribution in [-0.4, -0.2) is 62.4 Å². The van der Waals surface area contributed by atoms with Crippen LogP contribution in [0, 0.1) is 5.82 Å². The van der Waals surface area contributed by atoms with Gasteiger partial charge in [0, 0.05) is 36.3 Å². The van der Waals surface area contributed by atoms with E-state index in [1.165, 1.54) is 23.5 Å². The zero-order chi connectivity index (χ0) is 24.6. The monoisotopic (exact) mass is 504 g/mol. The van der Waals surface area contributed by atoms with Gasteiger partial charge in [0.15, 0.2) is 10.8 Å². The lowest BCUT2D eigenvalue weighted by Gasteiger charge is -2.32. The Kier molecular flexibility index (Phi) is 6.93. The van der Waals surface area contributed by atoms with Crippen molar-refractivity contribution in [3.05, 3.63) is 57.4 Å². The minimum Gasteiger partial charge on any atom is -0.463 e. The summed E-state index contributed by atoms with van der Waals surface area (Å²) in [6, 6.07) is 3.19. The van der Waals surface area contributed by atoms with E-state index in [2.05, 4.69) is 9.71 Å². The molecule has 12 heteroatoms. The maximum absolute atomic E-state index is 13.9. The molecule has 2 aliphatic heterocycles. The molecule has 2 aliphatic rings. The van der Waals surface area contributed by atoms with E-state index in [4.69, 9.17) is 9.73 Å². The summed E-state index contributed by atoms with van der Waals surface area (Å²) in [4.78, 5) is 24.4. The van der Waals surface area contributed by atoms with Crippen LogP contribution in [-0.2, 0) is 19.6 Å². The molecule has 180 valence electrons. The van der Waals surface area contributed by atoms with Crippen molar-refractivity contribution >= 4 is 46.5 Å². The second-order valence-electron chi connectivity index (χ2n) is 8.50. The molecule has 0 unspecified atom stereocenters. The fraction of sp³-hybridized carbons (Fsp3) is 0.409. The smallest absolute Gasteiger partial charge is 0.338 e. The molecule has 0 radical (unpaired) electrons. The first-order valence-electron chi connectivity index (χ1n) is 11.0. The second-order valence-corrected chi connectivity index (χ2v) is 11.7. The molecule has 34 heavy (non-hydrogen) atoms. The third-order valence-electron chi connectivity index (χ3n) is 5.86. The molecule has 0 spiro atoms. The molecule has 4 rings (SSSR count). The molecule has 1 saturated heterocycles. The van der Waals surface area contributed by atoms with Crippen LogP contribution in [0.25, 0.3) is 0 Å². The first-order chi connectivity index (χ1) is 16.1. The Bertz CT molecular complexity index is 1260. The summed E-state index contributed by atoms with van der Waals surface area (Å²) in [7, 11) is -1.76. The molecule has 1 aromatic heterocycles. The zero-order valence-corrected chi connectivity index (χ0v) is 21.0. The van der Waals surface area contributed by atoms with Gasteiger partial charge in [-0.3, -0.25) is 4.99 Å². The summed E-state index contributed by atoms with van der Waals surface area (Å²) in [6.45, 7) is 5.43. The van der Waals surface area contributed by atoms with Crippen LogP contribution >= 0.6 is 11.3 Å². The number of hydrogen-bond acceptors (Lipinski definition) is 8. The normalized spacial score (nSPS) is 20.5.